The lowest BCUT2D eigenvalue weighted by Gasteiger charge is -2.18. The third kappa shape index (κ3) is 4.33. The number of aliphatic hydroxyl groups excluding tert-OH is 1. The summed E-state index contributed by atoms with van der Waals surface area (Å²) in [6.07, 6.45) is 0.311. The second-order valence-corrected chi connectivity index (χ2v) is 4.04. The SMILES string of the molecule is CCNc1nc(OC)nc(N(C)CCC(C)O)n1. The molecule has 0 aliphatic heterocycles. The highest BCUT2D eigenvalue weighted by molar-refractivity contribution is 5.37. The van der Waals surface area contributed by atoms with Crippen molar-refractivity contribution in [3.05, 3.63) is 0 Å². The van der Waals surface area contributed by atoms with Crippen LogP contribution in [-0.4, -0.2) is 53.4 Å². The fraction of sp³-hybridized carbons (Fsp3) is 0.727. The van der Waals surface area contributed by atoms with Crippen LogP contribution in [0.2, 0.25) is 0 Å². The molecule has 1 aromatic rings. The number of rotatable bonds is 7. The average Bonchev–Trinajstić information content (AvgIpc) is 2.35. The molecule has 1 atom stereocenters. The van der Waals surface area contributed by atoms with E-state index >= 15 is 0 Å². The zero-order chi connectivity index (χ0) is 13.5. The maximum Gasteiger partial charge on any atom is 0.322 e. The zero-order valence-corrected chi connectivity index (χ0v) is 11.3. The lowest BCUT2D eigenvalue weighted by molar-refractivity contribution is 0.186. The molecule has 0 fully saturated rings. The second kappa shape index (κ2) is 6.95. The molecule has 1 heterocycles. The molecular weight excluding hydrogens is 234 g/mol. The van der Waals surface area contributed by atoms with Crippen LogP contribution >= 0.6 is 0 Å². The Morgan fingerprint density at radius 1 is 1.39 bits per heavy atom. The molecule has 0 saturated carbocycles. The van der Waals surface area contributed by atoms with Crippen molar-refractivity contribution in [3.8, 4) is 6.01 Å². The third-order valence-corrected chi connectivity index (χ3v) is 2.34. The Labute approximate surface area is 107 Å². The van der Waals surface area contributed by atoms with E-state index in [1.54, 1.807) is 6.92 Å². The average molecular weight is 255 g/mol. The summed E-state index contributed by atoms with van der Waals surface area (Å²) in [5.41, 5.74) is 0. The minimum atomic E-state index is -0.343. The molecule has 102 valence electrons. The molecule has 1 aromatic heterocycles. The first-order valence-electron chi connectivity index (χ1n) is 6.00. The molecule has 0 aromatic carbocycles. The zero-order valence-electron chi connectivity index (χ0n) is 11.3. The lowest BCUT2D eigenvalue weighted by atomic mass is 10.3. The van der Waals surface area contributed by atoms with E-state index in [4.69, 9.17) is 4.74 Å². The predicted molar refractivity (Wildman–Crippen MR) is 70.1 cm³/mol. The molecule has 18 heavy (non-hydrogen) atoms. The summed E-state index contributed by atoms with van der Waals surface area (Å²) in [5.74, 6) is 1.02. The van der Waals surface area contributed by atoms with Crippen molar-refractivity contribution in [2.45, 2.75) is 26.4 Å². The molecule has 0 aliphatic carbocycles. The molecule has 1 unspecified atom stereocenters. The minimum absolute atomic E-state index is 0.278. The molecule has 0 radical (unpaired) electrons. The van der Waals surface area contributed by atoms with Gasteiger partial charge in [0.2, 0.25) is 11.9 Å². The van der Waals surface area contributed by atoms with Gasteiger partial charge in [-0.25, -0.2) is 0 Å². The van der Waals surface area contributed by atoms with E-state index in [9.17, 15) is 5.11 Å². The normalized spacial score (nSPS) is 12.1. The number of hydrogen-bond acceptors (Lipinski definition) is 7. The highest BCUT2D eigenvalue weighted by Gasteiger charge is 2.11. The van der Waals surface area contributed by atoms with E-state index < -0.39 is 0 Å². The van der Waals surface area contributed by atoms with Crippen LogP contribution in [-0.2, 0) is 0 Å². The van der Waals surface area contributed by atoms with Gasteiger partial charge in [0, 0.05) is 20.1 Å². The van der Waals surface area contributed by atoms with Crippen molar-refractivity contribution in [2.24, 2.45) is 0 Å². The number of aromatic nitrogens is 3. The molecule has 2 N–H and O–H groups in total. The van der Waals surface area contributed by atoms with E-state index in [-0.39, 0.29) is 12.1 Å². The Kier molecular flexibility index (Phi) is 5.57. The minimum Gasteiger partial charge on any atom is -0.467 e. The van der Waals surface area contributed by atoms with Gasteiger partial charge in [0.1, 0.15) is 0 Å². The predicted octanol–water partition coefficient (Wildman–Crippen LogP) is 0.519. The van der Waals surface area contributed by atoms with Gasteiger partial charge in [0.05, 0.1) is 13.2 Å². The van der Waals surface area contributed by atoms with Crippen molar-refractivity contribution in [3.63, 3.8) is 0 Å². The topological polar surface area (TPSA) is 83.4 Å². The Morgan fingerprint density at radius 2 is 2.11 bits per heavy atom. The molecule has 7 heteroatoms. The van der Waals surface area contributed by atoms with Crippen LogP contribution in [0.1, 0.15) is 20.3 Å². The van der Waals surface area contributed by atoms with Crippen LogP contribution in [0.3, 0.4) is 0 Å². The lowest BCUT2D eigenvalue weighted by Crippen LogP contribution is -2.24. The molecule has 0 spiro atoms. The highest BCUT2D eigenvalue weighted by Crippen LogP contribution is 2.14. The summed E-state index contributed by atoms with van der Waals surface area (Å²) >= 11 is 0. The standard InChI is InChI=1S/C11H21N5O2/c1-5-12-9-13-10(15-11(14-9)18-4)16(3)7-6-8(2)17/h8,17H,5-7H2,1-4H3,(H,12,13,14,15). The van der Waals surface area contributed by atoms with Gasteiger partial charge in [-0.15, -0.1) is 0 Å². The summed E-state index contributed by atoms with van der Waals surface area (Å²) in [7, 11) is 3.39. The van der Waals surface area contributed by atoms with E-state index in [2.05, 4.69) is 20.3 Å². The number of anilines is 2. The van der Waals surface area contributed by atoms with Gasteiger partial charge in [0.25, 0.3) is 0 Å². The van der Waals surface area contributed by atoms with Gasteiger partial charge < -0.3 is 20.1 Å². The van der Waals surface area contributed by atoms with Crippen LogP contribution in [0.15, 0.2) is 0 Å². The Balaban J connectivity index is 2.82. The summed E-state index contributed by atoms with van der Waals surface area (Å²) < 4.78 is 5.04. The maximum atomic E-state index is 9.27. The molecule has 7 nitrogen and oxygen atoms in total. The number of nitrogens with one attached hydrogen (secondary N) is 1. The van der Waals surface area contributed by atoms with E-state index in [1.165, 1.54) is 7.11 Å². The molecule has 0 amide bonds. The number of hydrogen-bond donors (Lipinski definition) is 2. The van der Waals surface area contributed by atoms with Gasteiger partial charge in [-0.05, 0) is 20.3 Å². The van der Waals surface area contributed by atoms with Crippen molar-refractivity contribution in [2.75, 3.05) is 37.5 Å². The molecule has 1 rings (SSSR count). The second-order valence-electron chi connectivity index (χ2n) is 4.04. The van der Waals surface area contributed by atoms with Gasteiger partial charge >= 0.3 is 6.01 Å². The van der Waals surface area contributed by atoms with Gasteiger partial charge in [-0.2, -0.15) is 15.0 Å². The maximum absolute atomic E-state index is 9.27. The number of nitrogens with zero attached hydrogens (tertiary/aromatic N) is 4. The van der Waals surface area contributed by atoms with Gasteiger partial charge in [-0.3, -0.25) is 0 Å². The smallest absolute Gasteiger partial charge is 0.322 e. The Morgan fingerprint density at radius 3 is 2.67 bits per heavy atom. The van der Waals surface area contributed by atoms with Gasteiger partial charge in [-0.1, -0.05) is 0 Å². The molecule has 0 aliphatic rings. The van der Waals surface area contributed by atoms with Gasteiger partial charge in [0.15, 0.2) is 0 Å². The van der Waals surface area contributed by atoms with Crippen molar-refractivity contribution in [1.82, 2.24) is 15.0 Å². The third-order valence-electron chi connectivity index (χ3n) is 2.34. The monoisotopic (exact) mass is 255 g/mol. The summed E-state index contributed by atoms with van der Waals surface area (Å²) in [6.45, 7) is 5.11. The number of ether oxygens (including phenoxy) is 1. The van der Waals surface area contributed by atoms with Crippen molar-refractivity contribution < 1.29 is 9.84 Å². The first-order valence-corrected chi connectivity index (χ1v) is 6.00. The highest BCUT2D eigenvalue weighted by atomic mass is 16.5. The van der Waals surface area contributed by atoms with Crippen LogP contribution in [0, 0.1) is 0 Å². The Bertz CT molecular complexity index is 372. The van der Waals surface area contributed by atoms with Crippen LogP contribution in [0.4, 0.5) is 11.9 Å². The van der Waals surface area contributed by atoms with Crippen molar-refractivity contribution >= 4 is 11.9 Å². The van der Waals surface area contributed by atoms with E-state index in [0.29, 0.717) is 24.9 Å². The molecule has 0 saturated heterocycles. The van der Waals surface area contributed by atoms with E-state index in [0.717, 1.165) is 6.54 Å². The quantitative estimate of drug-likeness (QED) is 0.734. The van der Waals surface area contributed by atoms with E-state index in [1.807, 2.05) is 18.9 Å². The van der Waals surface area contributed by atoms with Crippen LogP contribution in [0.5, 0.6) is 6.01 Å². The summed E-state index contributed by atoms with van der Waals surface area (Å²) in [5, 5.41) is 12.3. The summed E-state index contributed by atoms with van der Waals surface area (Å²) in [4.78, 5) is 14.4. The molecule has 0 bridgehead atoms. The molecular formula is C11H21N5O2. The van der Waals surface area contributed by atoms with Crippen LogP contribution in [0.25, 0.3) is 0 Å². The fourth-order valence-corrected chi connectivity index (χ4v) is 1.33. The summed E-state index contributed by atoms with van der Waals surface area (Å²) in [6, 6.07) is 0.278. The number of methoxy groups -OCH3 is 1. The fourth-order valence-electron chi connectivity index (χ4n) is 1.33. The number of aliphatic hydroxyl groups is 1. The first kappa shape index (κ1) is 14.4. The largest absolute Gasteiger partial charge is 0.467 e. The Hall–Kier alpha value is -1.63. The van der Waals surface area contributed by atoms with Crippen LogP contribution < -0.4 is 15.0 Å². The first-order chi connectivity index (χ1) is 8.56. The van der Waals surface area contributed by atoms with Crippen molar-refractivity contribution in [1.29, 1.82) is 0 Å².